The average Bonchev–Trinajstić information content (AvgIpc) is 3.09. The fourth-order valence-electron chi connectivity index (χ4n) is 5.12. The lowest BCUT2D eigenvalue weighted by atomic mass is 9.98. The largest absolute Gasteiger partial charge is 0.474 e. The number of carboxylic acid groups (broad SMARTS) is 1. The van der Waals surface area contributed by atoms with Crippen molar-refractivity contribution in [1.82, 2.24) is 10.2 Å². The zero-order valence-electron chi connectivity index (χ0n) is 25.9. The number of carboxylic acids is 1. The number of carbonyl (C=O) groups is 3. The van der Waals surface area contributed by atoms with Gasteiger partial charge in [-0.05, 0) is 76.7 Å². The van der Waals surface area contributed by atoms with E-state index < -0.39 is 23.6 Å². The van der Waals surface area contributed by atoms with E-state index >= 15 is 0 Å². The van der Waals surface area contributed by atoms with Crippen molar-refractivity contribution in [2.45, 2.75) is 25.7 Å². The van der Waals surface area contributed by atoms with E-state index in [4.69, 9.17) is 4.74 Å². The number of carbonyl (C=O) groups excluding carboxylic acids is 2. The van der Waals surface area contributed by atoms with E-state index in [1.165, 1.54) is 30.3 Å². The van der Waals surface area contributed by atoms with Crippen molar-refractivity contribution in [1.29, 1.82) is 0 Å². The number of benzene rings is 5. The Hall–Kier alpha value is -5.42. The summed E-state index contributed by atoms with van der Waals surface area (Å²) in [6, 6.07) is 33.2. The van der Waals surface area contributed by atoms with Gasteiger partial charge in [-0.2, -0.15) is 13.2 Å². The molecule has 2 N–H and O–H groups in total. The summed E-state index contributed by atoms with van der Waals surface area (Å²) in [5, 5.41) is 12.4. The highest BCUT2D eigenvalue weighted by molar-refractivity contribution is 9.10. The first-order chi connectivity index (χ1) is 23.5. The van der Waals surface area contributed by atoms with Crippen LogP contribution in [-0.2, 0) is 35.3 Å². The summed E-state index contributed by atoms with van der Waals surface area (Å²) in [6.07, 6.45) is -3.94. The second-order valence-electron chi connectivity index (χ2n) is 11.1. The quantitative estimate of drug-likeness (QED) is 0.133. The minimum Gasteiger partial charge on any atom is -0.474 e. The molecule has 7 nitrogen and oxygen atoms in total. The van der Waals surface area contributed by atoms with E-state index in [0.29, 0.717) is 45.4 Å². The molecular weight excluding hydrogens is 701 g/mol. The standard InChI is InChI=1S/C38H30BrF3N2O5/c39-34-22-28(35(45)43-21-20-25-12-18-31(19-13-25)49-30-6-2-1-3-7-30)16-17-29(34)24-44(36(46)37(47)48)23-26-10-14-27(15-11-26)32-8-4-5-9-33(32)38(40,41)42/h1-19,22H,20-21,23-24H2,(H,43,45)(H,47,48). The smallest absolute Gasteiger partial charge is 0.417 e. The van der Waals surface area contributed by atoms with Crippen LogP contribution in [0.4, 0.5) is 13.2 Å². The van der Waals surface area contributed by atoms with Crippen LogP contribution >= 0.6 is 15.9 Å². The van der Waals surface area contributed by atoms with E-state index in [1.807, 2.05) is 54.6 Å². The van der Waals surface area contributed by atoms with Crippen molar-refractivity contribution in [3.05, 3.63) is 154 Å². The minimum absolute atomic E-state index is 0.0105. The number of alkyl halides is 3. The molecule has 0 aliphatic heterocycles. The lowest BCUT2D eigenvalue weighted by Crippen LogP contribution is -2.35. The Bertz CT molecular complexity index is 1930. The summed E-state index contributed by atoms with van der Waals surface area (Å²) in [7, 11) is 0. The van der Waals surface area contributed by atoms with Crippen LogP contribution in [0.5, 0.6) is 11.5 Å². The van der Waals surface area contributed by atoms with Crippen molar-refractivity contribution >= 4 is 33.7 Å². The molecule has 2 amide bonds. The second kappa shape index (κ2) is 15.7. The maximum Gasteiger partial charge on any atom is 0.417 e. The number of aliphatic carboxylic acids is 1. The van der Waals surface area contributed by atoms with Gasteiger partial charge in [-0.15, -0.1) is 0 Å². The number of para-hydroxylation sites is 1. The van der Waals surface area contributed by atoms with Gasteiger partial charge >= 0.3 is 18.1 Å². The Morgan fingerprint density at radius 1 is 0.755 bits per heavy atom. The SMILES string of the molecule is O=C(O)C(=O)N(Cc1ccc(-c2ccccc2C(F)(F)F)cc1)Cc1ccc(C(=O)NCCc2ccc(Oc3ccccc3)cc2)cc1Br. The van der Waals surface area contributed by atoms with Gasteiger partial charge in [0.1, 0.15) is 11.5 Å². The van der Waals surface area contributed by atoms with Gasteiger partial charge in [0.05, 0.1) is 5.56 Å². The first-order valence-corrected chi connectivity index (χ1v) is 15.9. The zero-order chi connectivity index (χ0) is 35.0. The van der Waals surface area contributed by atoms with Gasteiger partial charge in [-0.25, -0.2) is 4.79 Å². The first kappa shape index (κ1) is 34.9. The summed E-state index contributed by atoms with van der Waals surface area (Å²) in [6.45, 7) is 0.176. The van der Waals surface area contributed by atoms with Crippen molar-refractivity contribution in [3.8, 4) is 22.6 Å². The molecule has 0 aliphatic carbocycles. The number of ether oxygens (including phenoxy) is 1. The van der Waals surface area contributed by atoms with Crippen molar-refractivity contribution < 1.29 is 37.4 Å². The van der Waals surface area contributed by atoms with Crippen LogP contribution < -0.4 is 10.1 Å². The Kier molecular flexibility index (Phi) is 11.1. The zero-order valence-corrected chi connectivity index (χ0v) is 27.5. The summed E-state index contributed by atoms with van der Waals surface area (Å²) in [5.41, 5.74) is 2.03. The molecule has 5 aromatic carbocycles. The van der Waals surface area contributed by atoms with Crippen molar-refractivity contribution in [3.63, 3.8) is 0 Å². The fourth-order valence-corrected chi connectivity index (χ4v) is 5.62. The van der Waals surface area contributed by atoms with E-state index in [0.717, 1.165) is 22.3 Å². The summed E-state index contributed by atoms with van der Waals surface area (Å²) in [4.78, 5) is 38.3. The van der Waals surface area contributed by atoms with E-state index in [-0.39, 0.29) is 24.6 Å². The third kappa shape index (κ3) is 9.35. The highest BCUT2D eigenvalue weighted by Gasteiger charge is 2.33. The Morgan fingerprint density at radius 2 is 1.39 bits per heavy atom. The topological polar surface area (TPSA) is 95.9 Å². The van der Waals surface area contributed by atoms with Gasteiger partial charge in [-0.3, -0.25) is 9.59 Å². The molecule has 0 aromatic heterocycles. The number of nitrogens with zero attached hydrogens (tertiary/aromatic N) is 1. The highest BCUT2D eigenvalue weighted by atomic mass is 79.9. The predicted octanol–water partition coefficient (Wildman–Crippen LogP) is 8.51. The van der Waals surface area contributed by atoms with E-state index in [9.17, 15) is 32.7 Å². The van der Waals surface area contributed by atoms with Crippen LogP contribution in [-0.4, -0.2) is 34.3 Å². The molecule has 5 rings (SSSR count). The Labute approximate surface area is 289 Å². The predicted molar refractivity (Wildman–Crippen MR) is 182 cm³/mol. The van der Waals surface area contributed by atoms with Gasteiger partial charge in [0.15, 0.2) is 0 Å². The third-order valence-electron chi connectivity index (χ3n) is 7.62. The molecule has 250 valence electrons. The Balaban J connectivity index is 1.19. The van der Waals surface area contributed by atoms with Crippen LogP contribution in [0, 0.1) is 0 Å². The van der Waals surface area contributed by atoms with Gasteiger partial charge in [0.2, 0.25) is 0 Å². The minimum atomic E-state index is -4.53. The molecule has 0 saturated carbocycles. The summed E-state index contributed by atoms with van der Waals surface area (Å²) < 4.78 is 46.8. The van der Waals surface area contributed by atoms with E-state index in [2.05, 4.69) is 21.2 Å². The average molecular weight is 732 g/mol. The van der Waals surface area contributed by atoms with Gasteiger partial charge in [-0.1, -0.05) is 94.8 Å². The molecule has 0 atom stereocenters. The van der Waals surface area contributed by atoms with Crippen molar-refractivity contribution in [2.75, 3.05) is 6.54 Å². The van der Waals surface area contributed by atoms with Gasteiger partial charge in [0.25, 0.3) is 5.91 Å². The number of halogens is 4. The van der Waals surface area contributed by atoms with Crippen LogP contribution in [0.1, 0.15) is 32.6 Å². The summed E-state index contributed by atoms with van der Waals surface area (Å²) >= 11 is 3.44. The molecule has 0 bridgehead atoms. The molecule has 0 aliphatic rings. The highest BCUT2D eigenvalue weighted by Crippen LogP contribution is 2.37. The summed E-state index contributed by atoms with van der Waals surface area (Å²) in [5.74, 6) is -1.66. The first-order valence-electron chi connectivity index (χ1n) is 15.1. The molecule has 0 radical (unpaired) electrons. The van der Waals surface area contributed by atoms with Crippen LogP contribution in [0.3, 0.4) is 0 Å². The van der Waals surface area contributed by atoms with Gasteiger partial charge < -0.3 is 20.1 Å². The molecule has 0 heterocycles. The van der Waals surface area contributed by atoms with Crippen LogP contribution in [0.25, 0.3) is 11.1 Å². The molecule has 5 aromatic rings. The van der Waals surface area contributed by atoms with Crippen LogP contribution in [0.15, 0.2) is 126 Å². The normalized spacial score (nSPS) is 11.1. The maximum absolute atomic E-state index is 13.5. The monoisotopic (exact) mass is 730 g/mol. The Morgan fingerprint density at radius 3 is 2.04 bits per heavy atom. The molecule has 0 spiro atoms. The molecule has 0 fully saturated rings. The molecular formula is C38H30BrF3N2O5. The fraction of sp³-hybridized carbons (Fsp3) is 0.132. The van der Waals surface area contributed by atoms with Crippen molar-refractivity contribution in [2.24, 2.45) is 0 Å². The maximum atomic E-state index is 13.5. The second-order valence-corrected chi connectivity index (χ2v) is 11.9. The number of nitrogens with one attached hydrogen (secondary N) is 1. The number of amides is 2. The lowest BCUT2D eigenvalue weighted by molar-refractivity contribution is -0.156. The lowest BCUT2D eigenvalue weighted by Gasteiger charge is -2.22. The molecule has 0 saturated heterocycles. The number of hydrogen-bond acceptors (Lipinski definition) is 4. The molecule has 0 unspecified atom stereocenters. The number of hydrogen-bond donors (Lipinski definition) is 2. The van der Waals surface area contributed by atoms with Gasteiger partial charge in [0, 0.05) is 29.7 Å². The van der Waals surface area contributed by atoms with E-state index in [1.54, 1.807) is 30.3 Å². The third-order valence-corrected chi connectivity index (χ3v) is 8.36. The molecule has 11 heteroatoms. The number of rotatable bonds is 11. The molecule has 49 heavy (non-hydrogen) atoms. The van der Waals surface area contributed by atoms with Crippen LogP contribution in [0.2, 0.25) is 0 Å².